The summed E-state index contributed by atoms with van der Waals surface area (Å²) in [7, 11) is 0. The molecule has 6 N–H and O–H groups in total. The normalized spacial score (nSPS) is 12.4. The summed E-state index contributed by atoms with van der Waals surface area (Å²) in [6.45, 7) is 9.68. The van der Waals surface area contributed by atoms with Crippen LogP contribution in [0.3, 0.4) is 0 Å². The van der Waals surface area contributed by atoms with E-state index in [4.69, 9.17) is 14.9 Å². The number of hydrogen-bond acceptors (Lipinski definition) is 9. The van der Waals surface area contributed by atoms with Crippen molar-refractivity contribution in [2.75, 3.05) is 30.5 Å². The Morgan fingerprint density at radius 1 is 0.667 bits per heavy atom. The van der Waals surface area contributed by atoms with Crippen molar-refractivity contribution in [2.45, 2.75) is 65.4 Å². The van der Waals surface area contributed by atoms with Crippen molar-refractivity contribution in [3.8, 4) is 0 Å². The fourth-order valence-electron chi connectivity index (χ4n) is 5.19. The minimum Gasteiger partial charge on any atom is -0.397 e. The molecule has 0 amide bonds. The van der Waals surface area contributed by atoms with Gasteiger partial charge in [0.25, 0.3) is 11.1 Å². The Labute approximate surface area is 331 Å². The van der Waals surface area contributed by atoms with Crippen LogP contribution in [-0.2, 0) is 31.8 Å². The monoisotopic (exact) mass is 837 g/mol. The van der Waals surface area contributed by atoms with E-state index >= 15 is 0 Å². The molecular formula is C40H55N6O7Pd-. The third-order valence-corrected chi connectivity index (χ3v) is 7.89. The molecule has 54 heavy (non-hydrogen) atoms. The first-order valence-corrected chi connectivity index (χ1v) is 17.2. The molecule has 3 aromatic carbocycles. The number of ether oxygens (including phenoxy) is 1. The molecule has 0 saturated heterocycles. The zero-order valence-electron chi connectivity index (χ0n) is 31.6. The zero-order chi connectivity index (χ0) is 38.0. The van der Waals surface area contributed by atoms with Gasteiger partial charge in [-0.2, -0.15) is 0 Å². The first kappa shape index (κ1) is 47.2. The van der Waals surface area contributed by atoms with Gasteiger partial charge in [-0.05, 0) is 51.3 Å². The van der Waals surface area contributed by atoms with Crippen LogP contribution in [0.15, 0.2) is 122 Å². The van der Waals surface area contributed by atoms with Gasteiger partial charge in [-0.3, -0.25) is 28.7 Å². The van der Waals surface area contributed by atoms with Crippen LogP contribution >= 0.6 is 0 Å². The molecule has 0 fully saturated rings. The molecule has 0 saturated carbocycles. The second-order valence-electron chi connectivity index (χ2n) is 12.1. The Balaban J connectivity index is 0.000000970. The largest absolute Gasteiger partial charge is 0.397 e. The van der Waals surface area contributed by atoms with Crippen molar-refractivity contribution < 1.29 is 36.8 Å². The summed E-state index contributed by atoms with van der Waals surface area (Å²) < 4.78 is 7.85. The van der Waals surface area contributed by atoms with Gasteiger partial charge in [-0.15, -0.1) is 0 Å². The van der Waals surface area contributed by atoms with Crippen molar-refractivity contribution >= 4 is 11.6 Å². The average Bonchev–Trinajstić information content (AvgIpc) is 3.12. The van der Waals surface area contributed by atoms with E-state index in [1.54, 1.807) is 20.8 Å². The van der Waals surface area contributed by atoms with Crippen molar-refractivity contribution in [1.29, 1.82) is 0 Å². The summed E-state index contributed by atoms with van der Waals surface area (Å²) >= 11 is 0. The Morgan fingerprint density at radius 2 is 1.04 bits per heavy atom. The Bertz CT molecular complexity index is 1960. The molecule has 0 radical (unpaired) electrons. The smallest absolute Gasteiger partial charge is 0.330 e. The second-order valence-corrected chi connectivity index (χ2v) is 12.1. The van der Waals surface area contributed by atoms with E-state index in [1.807, 2.05) is 105 Å². The van der Waals surface area contributed by atoms with Crippen LogP contribution in [0.1, 0.15) is 76.9 Å². The van der Waals surface area contributed by atoms with E-state index in [0.717, 1.165) is 21.3 Å². The van der Waals surface area contributed by atoms with Gasteiger partial charge < -0.3 is 33.0 Å². The molecule has 0 aliphatic carbocycles. The fourth-order valence-corrected chi connectivity index (χ4v) is 5.19. The molecule has 0 aliphatic rings. The molecule has 5 rings (SSSR count). The number of benzene rings is 3. The van der Waals surface area contributed by atoms with Crippen LogP contribution < -0.4 is 33.1 Å². The van der Waals surface area contributed by atoms with Gasteiger partial charge >= 0.3 is 11.4 Å². The molecular weight excluding hydrogens is 783 g/mol. The summed E-state index contributed by atoms with van der Waals surface area (Å²) in [5, 5.41) is 22.9. The third kappa shape index (κ3) is 14.5. The number of nitrogens with one attached hydrogen (secondary N) is 4. The van der Waals surface area contributed by atoms with Gasteiger partial charge in [-0.1, -0.05) is 91.0 Å². The molecule has 13 nitrogen and oxygen atoms in total. The molecule has 0 bridgehead atoms. The maximum absolute atomic E-state index is 12.5. The maximum atomic E-state index is 12.5. The first-order chi connectivity index (χ1) is 25.0. The summed E-state index contributed by atoms with van der Waals surface area (Å²) in [6.07, 6.45) is 0. The van der Waals surface area contributed by atoms with Crippen LogP contribution in [0, 0.1) is 7.43 Å². The van der Waals surface area contributed by atoms with Crippen LogP contribution in [0.2, 0.25) is 0 Å². The summed E-state index contributed by atoms with van der Waals surface area (Å²) in [5.41, 5.74) is 1.37. The SMILES string of the molecule is CCO.C[C@H](Nc1cc(=O)n([C@H](C)CO)c(=O)[nH]1)c1ccccc1.C[C@H](Nc1cc(=O)n([C@H](C)COCc2ccccc2)c(=O)[nH]1)c1ccccc1.[CH3-].[HH].[Pd]. The predicted molar refractivity (Wildman–Crippen MR) is 213 cm³/mol. The number of nitrogens with zero attached hydrogens (tertiary/aromatic N) is 2. The number of aromatic nitrogens is 4. The van der Waals surface area contributed by atoms with Crippen molar-refractivity contribution in [3.63, 3.8) is 0 Å². The molecule has 0 aliphatic heterocycles. The molecule has 14 heteroatoms. The predicted octanol–water partition coefficient (Wildman–Crippen LogP) is 5.44. The Morgan fingerprint density at radius 3 is 1.41 bits per heavy atom. The standard InChI is InChI=1S/C22H25N3O3.C15H19N3O3.C2H6O.CH3.Pd.H2/c1-16(14-28-15-18-9-5-3-6-10-18)25-21(26)13-20(24-22(25)27)23-17(2)19-11-7-4-8-12-19;1-10(9-19)18-14(20)8-13(17-15(18)21)16-11(2)12-6-4-3-5-7-12;1-2-3;;;/h3-13,16-17,23H,14-15H2,1-2H3,(H,24,27);3-8,10-11,16,19H,9H2,1-2H3,(H,17,21);3H,2H2,1H3;1H3;;1H/q;;;-1;;/t16-,17+;10-,11+;;;;/m11..../s1. The van der Waals surface area contributed by atoms with E-state index in [0.29, 0.717) is 18.2 Å². The Kier molecular flexibility index (Phi) is 21.4. The van der Waals surface area contributed by atoms with E-state index in [1.165, 1.54) is 16.7 Å². The molecule has 5 aromatic rings. The number of H-pyrrole nitrogens is 2. The topological polar surface area (TPSA) is 183 Å². The first-order valence-electron chi connectivity index (χ1n) is 17.2. The van der Waals surface area contributed by atoms with Gasteiger partial charge in [0.2, 0.25) is 0 Å². The fraction of sp³-hybridized carbons (Fsp3) is 0.325. The van der Waals surface area contributed by atoms with E-state index in [9.17, 15) is 19.2 Å². The van der Waals surface area contributed by atoms with Crippen LogP contribution in [0.4, 0.5) is 11.6 Å². The number of anilines is 2. The maximum Gasteiger partial charge on any atom is 0.330 e. The molecule has 2 aromatic heterocycles. The molecule has 0 unspecified atom stereocenters. The van der Waals surface area contributed by atoms with Gasteiger partial charge in [0.05, 0.1) is 31.9 Å². The minimum atomic E-state index is -0.554. The molecule has 4 atom stereocenters. The van der Waals surface area contributed by atoms with E-state index < -0.39 is 23.0 Å². The minimum absolute atomic E-state index is 0. The second kappa shape index (κ2) is 24.5. The molecule has 2 heterocycles. The van der Waals surface area contributed by atoms with Gasteiger partial charge in [-0.25, -0.2) is 9.59 Å². The quantitative estimate of drug-likeness (QED) is 0.0664. The Hall–Kier alpha value is -4.84. The molecule has 0 spiro atoms. The van der Waals surface area contributed by atoms with Crippen molar-refractivity contribution in [3.05, 3.63) is 169 Å². The zero-order valence-corrected chi connectivity index (χ0v) is 33.2. The van der Waals surface area contributed by atoms with E-state index in [-0.39, 0.29) is 72.8 Å². The van der Waals surface area contributed by atoms with Crippen LogP contribution in [0.25, 0.3) is 0 Å². The number of aliphatic hydroxyl groups is 2. The third-order valence-electron chi connectivity index (χ3n) is 7.89. The average molecular weight is 838 g/mol. The summed E-state index contributed by atoms with van der Waals surface area (Å²) in [4.78, 5) is 54.2. The van der Waals surface area contributed by atoms with Crippen molar-refractivity contribution in [2.24, 2.45) is 0 Å². The van der Waals surface area contributed by atoms with Crippen LogP contribution in [-0.4, -0.2) is 49.1 Å². The van der Waals surface area contributed by atoms with Crippen LogP contribution in [0.5, 0.6) is 0 Å². The number of aromatic amines is 2. The number of aliphatic hydroxyl groups excluding tert-OH is 2. The molecule has 298 valence electrons. The van der Waals surface area contributed by atoms with E-state index in [2.05, 4.69) is 20.6 Å². The van der Waals surface area contributed by atoms with Gasteiger partial charge in [0, 0.05) is 52.7 Å². The number of hydrogen-bond donors (Lipinski definition) is 6. The van der Waals surface area contributed by atoms with Gasteiger partial charge in [0.15, 0.2) is 0 Å². The van der Waals surface area contributed by atoms with Crippen molar-refractivity contribution in [1.82, 2.24) is 19.1 Å². The summed E-state index contributed by atoms with van der Waals surface area (Å²) in [6, 6.07) is 31.0. The van der Waals surface area contributed by atoms with Gasteiger partial charge in [0.1, 0.15) is 11.6 Å². The summed E-state index contributed by atoms with van der Waals surface area (Å²) in [5.74, 6) is 0.766. The number of rotatable bonds is 13.